The summed E-state index contributed by atoms with van der Waals surface area (Å²) in [6.45, 7) is 2.08. The number of hydrogen-bond donors (Lipinski definition) is 1. The second-order valence-corrected chi connectivity index (χ2v) is 4.15. The second-order valence-electron chi connectivity index (χ2n) is 4.15. The summed E-state index contributed by atoms with van der Waals surface area (Å²) < 4.78 is 13.4. The maximum absolute atomic E-state index is 5.84. The molecule has 88 valence electrons. The van der Waals surface area contributed by atoms with Crippen molar-refractivity contribution in [1.82, 2.24) is 4.98 Å². The maximum atomic E-state index is 5.84. The lowest BCUT2D eigenvalue weighted by molar-refractivity contribution is -0.717. The molecular weight excluding hydrogens is 216 g/mol. The molecule has 1 unspecified atom stereocenters. The fourth-order valence-electron chi connectivity index (χ4n) is 1.95. The lowest BCUT2D eigenvalue weighted by Gasteiger charge is -2.20. The highest BCUT2D eigenvalue weighted by atomic mass is 16.5. The first-order chi connectivity index (χ1) is 8.42. The number of aromatic amines is 1. The van der Waals surface area contributed by atoms with Gasteiger partial charge >= 0.3 is 6.01 Å². The topological polar surface area (TPSA) is 38.1 Å². The molecule has 0 bridgehead atoms. The van der Waals surface area contributed by atoms with Gasteiger partial charge in [0.1, 0.15) is 31.6 Å². The van der Waals surface area contributed by atoms with Crippen LogP contribution in [0.5, 0.6) is 6.01 Å². The molecule has 1 aromatic heterocycles. The zero-order valence-corrected chi connectivity index (χ0v) is 9.50. The van der Waals surface area contributed by atoms with Gasteiger partial charge in [-0.05, 0) is 5.56 Å². The molecule has 0 fully saturated rings. The fourth-order valence-corrected chi connectivity index (χ4v) is 1.95. The van der Waals surface area contributed by atoms with Gasteiger partial charge in [-0.2, -0.15) is 4.57 Å². The molecule has 1 aromatic carbocycles. The predicted molar refractivity (Wildman–Crippen MR) is 61.5 cm³/mol. The molecule has 0 spiro atoms. The molecule has 3 rings (SSSR count). The van der Waals surface area contributed by atoms with Crippen molar-refractivity contribution in [1.29, 1.82) is 0 Å². The lowest BCUT2D eigenvalue weighted by atomic mass is 10.2. The zero-order valence-electron chi connectivity index (χ0n) is 9.50. The summed E-state index contributed by atoms with van der Waals surface area (Å²) in [7, 11) is 0. The quantitative estimate of drug-likeness (QED) is 0.808. The van der Waals surface area contributed by atoms with Crippen LogP contribution >= 0.6 is 0 Å². The predicted octanol–water partition coefficient (Wildman–Crippen LogP) is 1.28. The summed E-state index contributed by atoms with van der Waals surface area (Å²) in [5, 5.41) is 0. The van der Waals surface area contributed by atoms with Crippen molar-refractivity contribution in [3.8, 4) is 6.01 Å². The Morgan fingerprint density at radius 2 is 2.24 bits per heavy atom. The zero-order chi connectivity index (χ0) is 11.5. The molecule has 2 heterocycles. The van der Waals surface area contributed by atoms with E-state index in [9.17, 15) is 0 Å². The first kappa shape index (κ1) is 10.4. The van der Waals surface area contributed by atoms with Crippen molar-refractivity contribution in [3.05, 3.63) is 48.3 Å². The molecule has 4 heteroatoms. The van der Waals surface area contributed by atoms with E-state index in [2.05, 4.69) is 17.1 Å². The van der Waals surface area contributed by atoms with Crippen molar-refractivity contribution in [3.63, 3.8) is 0 Å². The summed E-state index contributed by atoms with van der Waals surface area (Å²) in [5.74, 6) is 0. The molecule has 0 aliphatic carbocycles. The molecular formula is C13H15N2O2+. The number of rotatable bonds is 3. The average Bonchev–Trinajstić information content (AvgIpc) is 2.85. The summed E-state index contributed by atoms with van der Waals surface area (Å²) in [5.41, 5.74) is 1.19. The maximum Gasteiger partial charge on any atom is 0.454 e. The molecule has 0 saturated carbocycles. The number of H-pyrrole nitrogens is 1. The molecule has 2 aromatic rings. The minimum absolute atomic E-state index is 0.114. The van der Waals surface area contributed by atoms with Gasteiger partial charge in [-0.1, -0.05) is 30.3 Å². The molecule has 1 N–H and O–H groups in total. The van der Waals surface area contributed by atoms with Gasteiger partial charge in [0.05, 0.1) is 6.61 Å². The van der Waals surface area contributed by atoms with Gasteiger partial charge in [-0.25, -0.2) is 4.98 Å². The van der Waals surface area contributed by atoms with E-state index in [1.807, 2.05) is 35.2 Å². The Morgan fingerprint density at radius 1 is 1.35 bits per heavy atom. The number of nitrogens with zero attached hydrogens (tertiary/aromatic N) is 1. The Balaban J connectivity index is 1.58. The number of nitrogens with one attached hydrogen (secondary N) is 1. The van der Waals surface area contributed by atoms with Crippen LogP contribution in [0.1, 0.15) is 5.56 Å². The van der Waals surface area contributed by atoms with Gasteiger partial charge in [0, 0.05) is 0 Å². The average molecular weight is 231 g/mol. The molecule has 17 heavy (non-hydrogen) atoms. The largest absolute Gasteiger partial charge is 0.454 e. The summed E-state index contributed by atoms with van der Waals surface area (Å²) in [4.78, 5) is 3.04. The van der Waals surface area contributed by atoms with Crippen molar-refractivity contribution >= 4 is 0 Å². The van der Waals surface area contributed by atoms with Crippen LogP contribution in [0.3, 0.4) is 0 Å². The Bertz CT molecular complexity index is 481. The first-order valence-electron chi connectivity index (χ1n) is 5.77. The van der Waals surface area contributed by atoms with Crippen LogP contribution < -0.4 is 9.30 Å². The molecule has 0 saturated heterocycles. The van der Waals surface area contributed by atoms with Gasteiger partial charge in [0.25, 0.3) is 0 Å². The smallest absolute Gasteiger partial charge is 0.428 e. The van der Waals surface area contributed by atoms with E-state index in [0.717, 1.165) is 12.6 Å². The van der Waals surface area contributed by atoms with E-state index in [4.69, 9.17) is 9.47 Å². The summed E-state index contributed by atoms with van der Waals surface area (Å²) in [6, 6.07) is 11.0. The van der Waals surface area contributed by atoms with E-state index in [0.29, 0.717) is 13.2 Å². The van der Waals surface area contributed by atoms with E-state index < -0.39 is 0 Å². The second kappa shape index (κ2) is 4.59. The Kier molecular flexibility index (Phi) is 2.80. The van der Waals surface area contributed by atoms with Crippen molar-refractivity contribution in [2.75, 3.05) is 6.61 Å². The SMILES string of the molecule is c1ccc(COC2COc3[nH]cc[n+]3C2)cc1. The van der Waals surface area contributed by atoms with E-state index in [-0.39, 0.29) is 6.10 Å². The molecule has 1 atom stereocenters. The highest BCUT2D eigenvalue weighted by Gasteiger charge is 2.25. The third kappa shape index (κ3) is 2.31. The number of ether oxygens (including phenoxy) is 2. The van der Waals surface area contributed by atoms with Crippen LogP contribution in [0.15, 0.2) is 42.7 Å². The van der Waals surface area contributed by atoms with Crippen LogP contribution in [0.2, 0.25) is 0 Å². The van der Waals surface area contributed by atoms with E-state index in [1.165, 1.54) is 5.56 Å². The van der Waals surface area contributed by atoms with Crippen LogP contribution in [-0.4, -0.2) is 17.7 Å². The summed E-state index contributed by atoms with van der Waals surface area (Å²) >= 11 is 0. The van der Waals surface area contributed by atoms with Gasteiger partial charge in [-0.15, -0.1) is 0 Å². The lowest BCUT2D eigenvalue weighted by Crippen LogP contribution is -2.47. The van der Waals surface area contributed by atoms with Crippen LogP contribution in [-0.2, 0) is 17.9 Å². The van der Waals surface area contributed by atoms with Gasteiger partial charge in [-0.3, -0.25) is 0 Å². The highest BCUT2D eigenvalue weighted by molar-refractivity contribution is 5.13. The number of hydrogen-bond acceptors (Lipinski definition) is 2. The number of aromatic nitrogens is 2. The minimum atomic E-state index is 0.114. The van der Waals surface area contributed by atoms with Crippen LogP contribution in [0, 0.1) is 0 Å². The number of benzene rings is 1. The molecule has 4 nitrogen and oxygen atoms in total. The highest BCUT2D eigenvalue weighted by Crippen LogP contribution is 2.10. The molecule has 0 radical (unpaired) electrons. The van der Waals surface area contributed by atoms with Crippen molar-refractivity contribution < 1.29 is 14.0 Å². The van der Waals surface area contributed by atoms with E-state index >= 15 is 0 Å². The third-order valence-corrected chi connectivity index (χ3v) is 2.86. The van der Waals surface area contributed by atoms with Crippen molar-refractivity contribution in [2.24, 2.45) is 0 Å². The van der Waals surface area contributed by atoms with Gasteiger partial charge < -0.3 is 9.47 Å². The normalized spacial score (nSPS) is 18.5. The Hall–Kier alpha value is -1.81. The Labute approximate surface area is 99.8 Å². The molecule has 1 aliphatic rings. The minimum Gasteiger partial charge on any atom is -0.428 e. The number of fused-ring (bicyclic) bond motifs is 1. The molecule has 1 aliphatic heterocycles. The van der Waals surface area contributed by atoms with E-state index in [1.54, 1.807) is 0 Å². The number of imidazole rings is 1. The van der Waals surface area contributed by atoms with Crippen LogP contribution in [0.25, 0.3) is 0 Å². The van der Waals surface area contributed by atoms with Crippen LogP contribution in [0.4, 0.5) is 0 Å². The Morgan fingerprint density at radius 3 is 3.12 bits per heavy atom. The van der Waals surface area contributed by atoms with Gasteiger partial charge in [0.2, 0.25) is 0 Å². The standard InChI is InChI=1S/C13H14N2O2/c1-2-4-11(5-3-1)9-16-12-8-15-7-6-14-13(15)17-10-12/h1-7,12H,8-10H2/p+1. The van der Waals surface area contributed by atoms with Crippen molar-refractivity contribution in [2.45, 2.75) is 19.3 Å². The summed E-state index contributed by atoms with van der Waals surface area (Å²) in [6.07, 6.45) is 3.95. The third-order valence-electron chi connectivity index (χ3n) is 2.86. The molecule has 0 amide bonds. The monoisotopic (exact) mass is 231 g/mol. The van der Waals surface area contributed by atoms with Gasteiger partial charge in [0.15, 0.2) is 0 Å². The first-order valence-corrected chi connectivity index (χ1v) is 5.77. The fraction of sp³-hybridized carbons (Fsp3) is 0.308.